The van der Waals surface area contributed by atoms with Gasteiger partial charge in [-0.1, -0.05) is 28.1 Å². The average Bonchev–Trinajstić information content (AvgIpc) is 2.97. The zero-order valence-corrected chi connectivity index (χ0v) is 13.4. The highest BCUT2D eigenvalue weighted by Crippen LogP contribution is 2.27. The van der Waals surface area contributed by atoms with Crippen LogP contribution < -0.4 is 11.3 Å². The molecule has 1 atom stereocenters. The smallest absolute Gasteiger partial charge is 0.193 e. The largest absolute Gasteiger partial charge is 0.297 e. The third-order valence-electron chi connectivity index (χ3n) is 3.29. The zero-order chi connectivity index (χ0) is 14.1. The van der Waals surface area contributed by atoms with E-state index in [4.69, 9.17) is 5.84 Å². The van der Waals surface area contributed by atoms with Gasteiger partial charge in [0.15, 0.2) is 4.96 Å². The molecule has 0 saturated carbocycles. The Kier molecular flexibility index (Phi) is 3.89. The number of hydrogen-bond acceptors (Lipinski definition) is 4. The molecule has 0 aliphatic rings. The van der Waals surface area contributed by atoms with Gasteiger partial charge in [-0.15, -0.1) is 11.3 Å². The molecule has 3 N–H and O–H groups in total. The molecule has 0 amide bonds. The summed E-state index contributed by atoms with van der Waals surface area (Å²) in [7, 11) is 0. The van der Waals surface area contributed by atoms with Gasteiger partial charge in [0.05, 0.1) is 11.7 Å². The van der Waals surface area contributed by atoms with Gasteiger partial charge in [-0.05, 0) is 24.1 Å². The number of nitrogens with zero attached hydrogens (tertiary/aromatic N) is 2. The minimum Gasteiger partial charge on any atom is -0.297 e. The molecule has 0 spiro atoms. The lowest BCUT2D eigenvalue weighted by Crippen LogP contribution is -2.30. The molecule has 0 radical (unpaired) electrons. The number of thiazole rings is 1. The summed E-state index contributed by atoms with van der Waals surface area (Å²) in [6, 6.07) is 6.33. The van der Waals surface area contributed by atoms with Crippen LogP contribution in [-0.2, 0) is 6.42 Å². The van der Waals surface area contributed by atoms with Crippen molar-refractivity contribution in [3.8, 4) is 0 Å². The van der Waals surface area contributed by atoms with E-state index in [0.717, 1.165) is 27.1 Å². The Morgan fingerprint density at radius 1 is 1.50 bits per heavy atom. The molecule has 4 nitrogen and oxygen atoms in total. The molecule has 0 aliphatic carbocycles. The second kappa shape index (κ2) is 5.65. The Bertz CT molecular complexity index is 705. The van der Waals surface area contributed by atoms with E-state index in [1.165, 1.54) is 5.56 Å². The SMILES string of the molecule is Cc1ccc(C(Cc2cn3ccsc3n2)NN)c(Br)c1. The fraction of sp³-hybridized carbons (Fsp3) is 0.214. The predicted octanol–water partition coefficient (Wildman–Crippen LogP) is 3.21. The second-order valence-electron chi connectivity index (χ2n) is 4.77. The number of aryl methyl sites for hydroxylation is 1. The van der Waals surface area contributed by atoms with E-state index in [-0.39, 0.29) is 6.04 Å². The van der Waals surface area contributed by atoms with Crippen LogP contribution >= 0.6 is 27.3 Å². The van der Waals surface area contributed by atoms with Crippen molar-refractivity contribution >= 4 is 32.2 Å². The van der Waals surface area contributed by atoms with Gasteiger partial charge in [0.1, 0.15) is 0 Å². The minimum atomic E-state index is 0.0366. The molecule has 104 valence electrons. The van der Waals surface area contributed by atoms with Crippen LogP contribution in [0.15, 0.2) is 40.4 Å². The van der Waals surface area contributed by atoms with Gasteiger partial charge >= 0.3 is 0 Å². The van der Waals surface area contributed by atoms with E-state index < -0.39 is 0 Å². The number of aromatic nitrogens is 2. The Hall–Kier alpha value is -1.21. The fourth-order valence-electron chi connectivity index (χ4n) is 2.26. The monoisotopic (exact) mass is 350 g/mol. The molecular formula is C14H15BrN4S. The molecule has 20 heavy (non-hydrogen) atoms. The fourth-order valence-corrected chi connectivity index (χ4v) is 3.75. The van der Waals surface area contributed by atoms with Crippen LogP contribution in [0.4, 0.5) is 0 Å². The summed E-state index contributed by atoms with van der Waals surface area (Å²) in [5.74, 6) is 5.73. The first kappa shape index (κ1) is 13.8. The van der Waals surface area contributed by atoms with Gasteiger partial charge in [0.25, 0.3) is 0 Å². The van der Waals surface area contributed by atoms with Gasteiger partial charge in [-0.25, -0.2) is 4.98 Å². The third-order valence-corrected chi connectivity index (χ3v) is 4.75. The molecule has 0 fully saturated rings. The Morgan fingerprint density at radius 2 is 2.35 bits per heavy atom. The first-order valence-electron chi connectivity index (χ1n) is 6.30. The summed E-state index contributed by atoms with van der Waals surface area (Å²) in [6.07, 6.45) is 4.83. The molecule has 1 aromatic carbocycles. The Morgan fingerprint density at radius 3 is 3.05 bits per heavy atom. The quantitative estimate of drug-likeness (QED) is 0.561. The summed E-state index contributed by atoms with van der Waals surface area (Å²) in [5, 5.41) is 2.03. The van der Waals surface area contributed by atoms with E-state index in [1.54, 1.807) is 11.3 Å². The van der Waals surface area contributed by atoms with Crippen LogP contribution in [0.1, 0.15) is 22.9 Å². The summed E-state index contributed by atoms with van der Waals surface area (Å²) in [6.45, 7) is 2.07. The third kappa shape index (κ3) is 2.64. The summed E-state index contributed by atoms with van der Waals surface area (Å²) >= 11 is 5.24. The number of imidazole rings is 1. The highest BCUT2D eigenvalue weighted by Gasteiger charge is 2.16. The summed E-state index contributed by atoms with van der Waals surface area (Å²) < 4.78 is 3.11. The van der Waals surface area contributed by atoms with E-state index in [2.05, 4.69) is 57.7 Å². The maximum Gasteiger partial charge on any atom is 0.193 e. The molecule has 6 heteroatoms. The number of halogens is 1. The normalized spacial score (nSPS) is 12.9. The second-order valence-corrected chi connectivity index (χ2v) is 6.50. The van der Waals surface area contributed by atoms with Crippen LogP contribution in [0.5, 0.6) is 0 Å². The van der Waals surface area contributed by atoms with Crippen molar-refractivity contribution in [3.63, 3.8) is 0 Å². The van der Waals surface area contributed by atoms with Crippen molar-refractivity contribution in [1.29, 1.82) is 0 Å². The van der Waals surface area contributed by atoms with E-state index in [0.29, 0.717) is 0 Å². The van der Waals surface area contributed by atoms with Crippen LogP contribution in [0.2, 0.25) is 0 Å². The molecule has 3 rings (SSSR count). The molecular weight excluding hydrogens is 336 g/mol. The number of hydrogen-bond donors (Lipinski definition) is 2. The number of nitrogens with two attached hydrogens (primary N) is 1. The lowest BCUT2D eigenvalue weighted by molar-refractivity contribution is 0.545. The zero-order valence-electron chi connectivity index (χ0n) is 11.0. The molecule has 2 heterocycles. The van der Waals surface area contributed by atoms with Crippen molar-refractivity contribution in [1.82, 2.24) is 14.8 Å². The van der Waals surface area contributed by atoms with Crippen LogP contribution in [0.25, 0.3) is 4.96 Å². The molecule has 0 saturated heterocycles. The molecule has 2 aromatic heterocycles. The molecule has 3 aromatic rings. The van der Waals surface area contributed by atoms with Crippen LogP contribution in [0.3, 0.4) is 0 Å². The highest BCUT2D eigenvalue weighted by molar-refractivity contribution is 9.10. The maximum absolute atomic E-state index is 5.73. The maximum atomic E-state index is 5.73. The summed E-state index contributed by atoms with van der Waals surface area (Å²) in [5.41, 5.74) is 6.29. The molecule has 0 bridgehead atoms. The Labute approximate surface area is 129 Å². The lowest BCUT2D eigenvalue weighted by Gasteiger charge is -2.17. The van der Waals surface area contributed by atoms with Crippen LogP contribution in [-0.4, -0.2) is 9.38 Å². The van der Waals surface area contributed by atoms with Crippen molar-refractivity contribution in [2.24, 2.45) is 5.84 Å². The number of hydrazine groups is 1. The molecule has 1 unspecified atom stereocenters. The van der Waals surface area contributed by atoms with Gasteiger partial charge in [0.2, 0.25) is 0 Å². The van der Waals surface area contributed by atoms with Crippen molar-refractivity contribution in [2.45, 2.75) is 19.4 Å². The average molecular weight is 351 g/mol. The predicted molar refractivity (Wildman–Crippen MR) is 85.7 cm³/mol. The topological polar surface area (TPSA) is 55.3 Å². The van der Waals surface area contributed by atoms with Gasteiger partial charge in [-0.2, -0.15) is 0 Å². The lowest BCUT2D eigenvalue weighted by atomic mass is 10.0. The standard InChI is InChI=1S/C14H15BrN4S/c1-9-2-3-11(12(15)6-9)13(18-16)7-10-8-19-4-5-20-14(19)17-10/h2-6,8,13,18H,7,16H2,1H3. The number of nitrogens with one attached hydrogen (secondary N) is 1. The first-order chi connectivity index (χ1) is 9.67. The number of benzene rings is 1. The molecule has 0 aliphatic heterocycles. The first-order valence-corrected chi connectivity index (χ1v) is 7.98. The number of rotatable bonds is 4. The minimum absolute atomic E-state index is 0.0366. The van der Waals surface area contributed by atoms with E-state index in [1.807, 2.05) is 16.0 Å². The van der Waals surface area contributed by atoms with Crippen molar-refractivity contribution in [3.05, 3.63) is 57.3 Å². The van der Waals surface area contributed by atoms with Gasteiger partial charge in [0, 0.05) is 28.7 Å². The van der Waals surface area contributed by atoms with E-state index in [9.17, 15) is 0 Å². The van der Waals surface area contributed by atoms with E-state index >= 15 is 0 Å². The van der Waals surface area contributed by atoms with Crippen LogP contribution in [0, 0.1) is 6.92 Å². The van der Waals surface area contributed by atoms with Gasteiger partial charge in [-0.3, -0.25) is 15.7 Å². The Balaban J connectivity index is 1.88. The summed E-state index contributed by atoms with van der Waals surface area (Å²) in [4.78, 5) is 5.62. The highest BCUT2D eigenvalue weighted by atomic mass is 79.9. The van der Waals surface area contributed by atoms with Crippen molar-refractivity contribution < 1.29 is 0 Å². The number of fused-ring (bicyclic) bond motifs is 1. The van der Waals surface area contributed by atoms with Gasteiger partial charge < -0.3 is 0 Å². The van der Waals surface area contributed by atoms with Crippen molar-refractivity contribution in [2.75, 3.05) is 0 Å².